The highest BCUT2D eigenvalue weighted by molar-refractivity contribution is 7.80. The second-order valence-electron chi connectivity index (χ2n) is 6.55. The smallest absolute Gasteiger partial charge is 0.323 e. The number of thiocarbonyl (C=S) groups is 1. The van der Waals surface area contributed by atoms with Gasteiger partial charge in [0, 0.05) is 43.3 Å². The van der Waals surface area contributed by atoms with Gasteiger partial charge in [0.1, 0.15) is 5.82 Å². The third-order valence-corrected chi connectivity index (χ3v) is 4.82. The molecule has 0 aliphatic carbocycles. The van der Waals surface area contributed by atoms with Crippen molar-refractivity contribution in [2.45, 2.75) is 19.8 Å². The molecular formula is C19H24ClFN4O2S. The first-order valence-corrected chi connectivity index (χ1v) is 9.64. The Morgan fingerprint density at radius 2 is 2.32 bits per heavy atom. The highest BCUT2D eigenvalue weighted by atomic mass is 35.5. The summed E-state index contributed by atoms with van der Waals surface area (Å²) in [5, 5.41) is 2.95. The minimum absolute atomic E-state index is 0.0306. The van der Waals surface area contributed by atoms with Gasteiger partial charge in [-0.3, -0.25) is 5.32 Å². The number of halogens is 2. The van der Waals surface area contributed by atoms with Crippen LogP contribution in [-0.4, -0.2) is 48.7 Å². The number of amides is 2. The maximum Gasteiger partial charge on any atom is 0.323 e. The predicted octanol–water partition coefficient (Wildman–Crippen LogP) is 3.59. The summed E-state index contributed by atoms with van der Waals surface area (Å²) >= 11 is 10.8. The van der Waals surface area contributed by atoms with E-state index in [1.54, 1.807) is 31.1 Å². The van der Waals surface area contributed by atoms with Crippen molar-refractivity contribution in [1.29, 1.82) is 0 Å². The Labute approximate surface area is 174 Å². The van der Waals surface area contributed by atoms with Crippen molar-refractivity contribution >= 4 is 46.9 Å². The zero-order valence-electron chi connectivity index (χ0n) is 15.9. The minimum Gasteiger partial charge on any atom is -0.387 e. The number of methoxy groups -OCH3 is 1. The van der Waals surface area contributed by atoms with E-state index < -0.39 is 0 Å². The van der Waals surface area contributed by atoms with Crippen LogP contribution >= 0.6 is 23.8 Å². The Hall–Kier alpha value is -2.03. The van der Waals surface area contributed by atoms with E-state index in [9.17, 15) is 9.18 Å². The lowest BCUT2D eigenvalue weighted by atomic mass is 9.88. The van der Waals surface area contributed by atoms with E-state index in [0.29, 0.717) is 43.1 Å². The zero-order valence-corrected chi connectivity index (χ0v) is 17.4. The molecule has 1 saturated heterocycles. The molecule has 0 spiro atoms. The van der Waals surface area contributed by atoms with Gasteiger partial charge in [-0.05, 0) is 44.1 Å². The summed E-state index contributed by atoms with van der Waals surface area (Å²) in [6.45, 7) is 3.09. The van der Waals surface area contributed by atoms with Gasteiger partial charge in [0.05, 0.1) is 5.84 Å². The number of carbonyl (C=O) groups excluding carboxylic acids is 1. The number of likely N-dealkylation sites (tertiary alicyclic amines) is 1. The fraction of sp³-hybridized carbons (Fsp3) is 0.421. The number of aliphatic imine (C=N–C) groups is 1. The summed E-state index contributed by atoms with van der Waals surface area (Å²) in [6.07, 6.45) is 3.18. The molecule has 1 aromatic rings. The molecule has 2 amide bonds. The molecule has 0 radical (unpaired) electrons. The maximum atomic E-state index is 14.2. The molecule has 0 aromatic heterocycles. The molecule has 152 valence electrons. The molecule has 3 N–H and O–H groups in total. The van der Waals surface area contributed by atoms with Crippen LogP contribution in [0.4, 0.5) is 9.18 Å². The van der Waals surface area contributed by atoms with Crippen molar-refractivity contribution in [1.82, 2.24) is 10.2 Å². The van der Waals surface area contributed by atoms with E-state index in [-0.39, 0.29) is 28.7 Å². The van der Waals surface area contributed by atoms with Crippen LogP contribution in [0.5, 0.6) is 0 Å². The fourth-order valence-corrected chi connectivity index (χ4v) is 3.42. The molecule has 1 aliphatic rings. The van der Waals surface area contributed by atoms with E-state index in [2.05, 4.69) is 10.3 Å². The molecule has 0 bridgehead atoms. The topological polar surface area (TPSA) is 80.0 Å². The molecule has 2 rings (SSSR count). The van der Waals surface area contributed by atoms with Crippen LogP contribution < -0.4 is 11.1 Å². The van der Waals surface area contributed by atoms with Gasteiger partial charge in [-0.2, -0.15) is 0 Å². The summed E-state index contributed by atoms with van der Waals surface area (Å²) in [6, 6.07) is 4.28. The van der Waals surface area contributed by atoms with Crippen molar-refractivity contribution in [2.75, 3.05) is 26.8 Å². The van der Waals surface area contributed by atoms with Crippen molar-refractivity contribution < 1.29 is 13.9 Å². The van der Waals surface area contributed by atoms with E-state index in [1.165, 1.54) is 6.07 Å². The van der Waals surface area contributed by atoms with E-state index in [4.69, 9.17) is 34.3 Å². The number of amidine groups is 1. The number of hydrogen-bond acceptors (Lipinski definition) is 3. The van der Waals surface area contributed by atoms with Gasteiger partial charge < -0.3 is 15.4 Å². The number of nitrogens with one attached hydrogen (secondary N) is 1. The van der Waals surface area contributed by atoms with Crippen LogP contribution in [0.3, 0.4) is 0 Å². The van der Waals surface area contributed by atoms with Crippen molar-refractivity contribution in [3.05, 3.63) is 40.2 Å². The fourth-order valence-electron chi connectivity index (χ4n) is 3.03. The SMILES string of the molecule is COCCC1CN(C(=O)NC(=S)/N=C(/C)N)CC/C1=C\c1ccc(Cl)cc1F. The molecule has 1 heterocycles. The predicted molar refractivity (Wildman–Crippen MR) is 114 cm³/mol. The normalized spacial score (nSPS) is 19.0. The summed E-state index contributed by atoms with van der Waals surface area (Å²) in [4.78, 5) is 18.0. The van der Waals surface area contributed by atoms with Crippen LogP contribution in [0.15, 0.2) is 28.8 Å². The third kappa shape index (κ3) is 6.54. The molecule has 28 heavy (non-hydrogen) atoms. The number of benzene rings is 1. The number of piperidine rings is 1. The molecule has 1 unspecified atom stereocenters. The average Bonchev–Trinajstić information content (AvgIpc) is 2.62. The molecule has 9 heteroatoms. The Morgan fingerprint density at radius 1 is 1.57 bits per heavy atom. The monoisotopic (exact) mass is 426 g/mol. The summed E-state index contributed by atoms with van der Waals surface area (Å²) < 4.78 is 19.4. The molecule has 1 aliphatic heterocycles. The van der Waals surface area contributed by atoms with Crippen LogP contribution in [0, 0.1) is 11.7 Å². The number of nitrogens with zero attached hydrogens (tertiary/aromatic N) is 2. The van der Waals surface area contributed by atoms with Gasteiger partial charge in [-0.1, -0.05) is 29.3 Å². The van der Waals surface area contributed by atoms with Gasteiger partial charge in [0.2, 0.25) is 5.11 Å². The van der Waals surface area contributed by atoms with E-state index >= 15 is 0 Å². The summed E-state index contributed by atoms with van der Waals surface area (Å²) in [7, 11) is 1.63. The quantitative estimate of drug-likeness (QED) is 0.438. The first kappa shape index (κ1) is 22.3. The van der Waals surface area contributed by atoms with Crippen molar-refractivity contribution in [2.24, 2.45) is 16.6 Å². The highest BCUT2D eigenvalue weighted by Crippen LogP contribution is 2.29. The number of carbonyl (C=O) groups is 1. The second kappa shape index (κ2) is 10.5. The molecule has 1 fully saturated rings. The van der Waals surface area contributed by atoms with Gasteiger partial charge in [-0.15, -0.1) is 0 Å². The van der Waals surface area contributed by atoms with E-state index in [1.807, 2.05) is 6.08 Å². The standard InChI is InChI=1S/C19H24ClFN4O2S/c1-12(22)23-18(28)24-19(26)25-7-5-13(15(11-25)6-8-27-2)9-14-3-4-16(20)10-17(14)21/h3-4,9-10,15H,5-8,11H2,1-2H3,(H3,22,23,24,26,28)/b13-9+. The number of urea groups is 1. The van der Waals surface area contributed by atoms with Crippen molar-refractivity contribution in [3.8, 4) is 0 Å². The number of nitrogens with two attached hydrogens (primary N) is 1. The van der Waals surface area contributed by atoms with Gasteiger partial charge in [0.15, 0.2) is 0 Å². The molecule has 6 nitrogen and oxygen atoms in total. The molecule has 1 aromatic carbocycles. The van der Waals surface area contributed by atoms with Gasteiger partial charge in [-0.25, -0.2) is 14.2 Å². The van der Waals surface area contributed by atoms with Crippen LogP contribution in [-0.2, 0) is 4.74 Å². The molecular weight excluding hydrogens is 403 g/mol. The van der Waals surface area contributed by atoms with Crippen LogP contribution in [0.25, 0.3) is 6.08 Å². The molecule has 1 atom stereocenters. The molecule has 0 saturated carbocycles. The van der Waals surface area contributed by atoms with Crippen LogP contribution in [0.2, 0.25) is 5.02 Å². The lowest BCUT2D eigenvalue weighted by Crippen LogP contribution is -2.47. The first-order valence-electron chi connectivity index (χ1n) is 8.85. The highest BCUT2D eigenvalue weighted by Gasteiger charge is 2.27. The first-order chi connectivity index (χ1) is 13.3. The summed E-state index contributed by atoms with van der Waals surface area (Å²) in [5.41, 5.74) is 7.03. The minimum atomic E-state index is -0.369. The Morgan fingerprint density at radius 3 is 2.96 bits per heavy atom. The largest absolute Gasteiger partial charge is 0.387 e. The van der Waals surface area contributed by atoms with Crippen molar-refractivity contribution in [3.63, 3.8) is 0 Å². The maximum absolute atomic E-state index is 14.2. The van der Waals surface area contributed by atoms with E-state index in [0.717, 1.165) is 5.57 Å². The number of rotatable bonds is 4. The number of hydrogen-bond donors (Lipinski definition) is 2. The lowest BCUT2D eigenvalue weighted by molar-refractivity contribution is 0.155. The lowest BCUT2D eigenvalue weighted by Gasteiger charge is -2.35. The van der Waals surface area contributed by atoms with Gasteiger partial charge in [0.25, 0.3) is 0 Å². The average molecular weight is 427 g/mol. The Balaban J connectivity index is 2.14. The second-order valence-corrected chi connectivity index (χ2v) is 7.37. The summed E-state index contributed by atoms with van der Waals surface area (Å²) in [5.74, 6) is -0.0500. The Bertz CT molecular complexity index is 796. The number of ether oxygens (including phenoxy) is 1. The third-order valence-electron chi connectivity index (χ3n) is 4.39. The zero-order chi connectivity index (χ0) is 20.7. The van der Waals surface area contributed by atoms with Crippen LogP contribution in [0.1, 0.15) is 25.3 Å². The Kier molecular flexibility index (Phi) is 8.35. The van der Waals surface area contributed by atoms with Gasteiger partial charge >= 0.3 is 6.03 Å².